The van der Waals surface area contributed by atoms with Gasteiger partial charge in [0, 0.05) is 13.1 Å². The smallest absolute Gasteiger partial charge is 0.370 e. The largest absolute Gasteiger partial charge is 0.411 e. The summed E-state index contributed by atoms with van der Waals surface area (Å²) in [7, 11) is 0. The summed E-state index contributed by atoms with van der Waals surface area (Å²) in [5.74, 6) is 1.10. The first kappa shape index (κ1) is 14.5. The van der Waals surface area contributed by atoms with Gasteiger partial charge in [-0.2, -0.15) is 13.2 Å². The minimum absolute atomic E-state index is 0.0490. The standard InChI is InChI=1S/C10H15F3N4O/c1-2-15-8-5-14-6-9(17-8)16-3-4-18-7-10(11,12)13/h5-6H,2-4,7H2,1H3,(H2,15,16,17). The third-order valence-corrected chi connectivity index (χ3v) is 1.81. The van der Waals surface area contributed by atoms with Crippen LogP contribution in [0.5, 0.6) is 0 Å². The van der Waals surface area contributed by atoms with E-state index >= 15 is 0 Å². The highest BCUT2D eigenvalue weighted by Gasteiger charge is 2.27. The first-order valence-corrected chi connectivity index (χ1v) is 5.45. The normalized spacial score (nSPS) is 11.3. The molecule has 0 fully saturated rings. The van der Waals surface area contributed by atoms with Crippen LogP contribution in [-0.4, -0.2) is 42.4 Å². The third kappa shape index (κ3) is 6.24. The molecule has 0 aliphatic rings. The number of anilines is 2. The lowest BCUT2D eigenvalue weighted by Crippen LogP contribution is -2.20. The summed E-state index contributed by atoms with van der Waals surface area (Å²) in [5, 5.41) is 5.80. The van der Waals surface area contributed by atoms with Gasteiger partial charge in [0.2, 0.25) is 0 Å². The van der Waals surface area contributed by atoms with Crippen LogP contribution in [0.1, 0.15) is 6.92 Å². The number of halogens is 3. The number of hydrogen-bond donors (Lipinski definition) is 2. The zero-order chi connectivity index (χ0) is 13.4. The van der Waals surface area contributed by atoms with Crippen LogP contribution < -0.4 is 10.6 Å². The monoisotopic (exact) mass is 264 g/mol. The van der Waals surface area contributed by atoms with E-state index in [1.807, 2.05) is 6.92 Å². The van der Waals surface area contributed by atoms with Gasteiger partial charge in [-0.1, -0.05) is 0 Å². The Kier molecular flexibility index (Phi) is 5.63. The number of aromatic nitrogens is 2. The maximum Gasteiger partial charge on any atom is 0.411 e. The zero-order valence-electron chi connectivity index (χ0n) is 9.92. The Bertz CT molecular complexity index is 359. The van der Waals surface area contributed by atoms with Crippen molar-refractivity contribution in [3.8, 4) is 0 Å². The summed E-state index contributed by atoms with van der Waals surface area (Å²) >= 11 is 0. The fourth-order valence-corrected chi connectivity index (χ4v) is 1.16. The second kappa shape index (κ2) is 7.00. The Morgan fingerprint density at radius 2 is 1.89 bits per heavy atom. The average molecular weight is 264 g/mol. The van der Waals surface area contributed by atoms with Crippen molar-refractivity contribution in [3.63, 3.8) is 0 Å². The van der Waals surface area contributed by atoms with Crippen molar-refractivity contribution in [1.29, 1.82) is 0 Å². The molecule has 0 radical (unpaired) electrons. The molecule has 5 nitrogen and oxygen atoms in total. The number of alkyl halides is 3. The summed E-state index contributed by atoms with van der Waals surface area (Å²) in [6.45, 7) is 1.59. The number of nitrogens with one attached hydrogen (secondary N) is 2. The van der Waals surface area contributed by atoms with Crippen molar-refractivity contribution in [2.24, 2.45) is 0 Å². The molecule has 0 aliphatic heterocycles. The molecule has 0 aromatic carbocycles. The van der Waals surface area contributed by atoms with E-state index in [2.05, 4.69) is 25.3 Å². The molecule has 0 aliphatic carbocycles. The van der Waals surface area contributed by atoms with Gasteiger partial charge in [-0.3, -0.25) is 4.98 Å². The second-order valence-electron chi connectivity index (χ2n) is 3.41. The molecule has 1 heterocycles. The van der Waals surface area contributed by atoms with Gasteiger partial charge in [0.15, 0.2) is 0 Å². The lowest BCUT2D eigenvalue weighted by molar-refractivity contribution is -0.172. The van der Waals surface area contributed by atoms with Crippen molar-refractivity contribution in [2.75, 3.05) is 36.9 Å². The summed E-state index contributed by atoms with van der Waals surface area (Å²) in [5.41, 5.74) is 0. The Balaban J connectivity index is 2.24. The van der Waals surface area contributed by atoms with Crippen LogP contribution in [0, 0.1) is 0 Å². The lowest BCUT2D eigenvalue weighted by Gasteiger charge is -2.09. The van der Waals surface area contributed by atoms with Crippen LogP contribution in [-0.2, 0) is 4.74 Å². The van der Waals surface area contributed by atoms with E-state index in [1.165, 1.54) is 6.20 Å². The Labute approximate surface area is 103 Å². The van der Waals surface area contributed by atoms with Gasteiger partial charge in [-0.05, 0) is 6.92 Å². The van der Waals surface area contributed by atoms with Crippen molar-refractivity contribution in [1.82, 2.24) is 9.97 Å². The molecule has 1 rings (SSSR count). The Hall–Kier alpha value is -1.57. The predicted octanol–water partition coefficient (Wildman–Crippen LogP) is 1.90. The quantitative estimate of drug-likeness (QED) is 0.737. The highest BCUT2D eigenvalue weighted by molar-refractivity contribution is 5.41. The van der Waals surface area contributed by atoms with Crippen LogP contribution in [0.25, 0.3) is 0 Å². The molecular formula is C10H15F3N4O. The van der Waals surface area contributed by atoms with Crippen molar-refractivity contribution >= 4 is 11.6 Å². The van der Waals surface area contributed by atoms with Crippen LogP contribution in [0.15, 0.2) is 12.4 Å². The SMILES string of the molecule is CCNc1cncc(NCCOCC(F)(F)F)n1. The van der Waals surface area contributed by atoms with Crippen LogP contribution >= 0.6 is 0 Å². The van der Waals surface area contributed by atoms with Gasteiger partial charge >= 0.3 is 6.18 Å². The molecule has 8 heteroatoms. The molecule has 0 bridgehead atoms. The Morgan fingerprint density at radius 3 is 2.50 bits per heavy atom. The molecule has 1 aromatic heterocycles. The highest BCUT2D eigenvalue weighted by atomic mass is 19.4. The molecular weight excluding hydrogens is 249 g/mol. The average Bonchev–Trinajstić information content (AvgIpc) is 2.28. The molecule has 0 saturated heterocycles. The van der Waals surface area contributed by atoms with Crippen molar-refractivity contribution in [3.05, 3.63) is 12.4 Å². The van der Waals surface area contributed by atoms with E-state index in [9.17, 15) is 13.2 Å². The molecule has 102 valence electrons. The number of nitrogens with zero attached hydrogens (tertiary/aromatic N) is 2. The van der Waals surface area contributed by atoms with E-state index in [-0.39, 0.29) is 13.2 Å². The molecule has 2 N–H and O–H groups in total. The number of ether oxygens (including phenoxy) is 1. The topological polar surface area (TPSA) is 59.1 Å². The van der Waals surface area contributed by atoms with Gasteiger partial charge in [-0.25, -0.2) is 4.98 Å². The summed E-state index contributed by atoms with van der Waals surface area (Å²) < 4.78 is 39.7. The lowest BCUT2D eigenvalue weighted by atomic mass is 10.5. The van der Waals surface area contributed by atoms with Gasteiger partial charge in [-0.15, -0.1) is 0 Å². The first-order valence-electron chi connectivity index (χ1n) is 5.45. The summed E-state index contributed by atoms with van der Waals surface area (Å²) in [4.78, 5) is 8.08. The van der Waals surface area contributed by atoms with Crippen molar-refractivity contribution in [2.45, 2.75) is 13.1 Å². The molecule has 0 spiro atoms. The molecule has 1 aromatic rings. The van der Waals surface area contributed by atoms with E-state index in [1.54, 1.807) is 6.20 Å². The highest BCUT2D eigenvalue weighted by Crippen LogP contribution is 2.14. The van der Waals surface area contributed by atoms with Gasteiger partial charge in [0.1, 0.15) is 18.2 Å². The van der Waals surface area contributed by atoms with E-state index in [0.717, 1.165) is 0 Å². The maximum atomic E-state index is 11.8. The fourth-order valence-electron chi connectivity index (χ4n) is 1.16. The van der Waals surface area contributed by atoms with Crippen molar-refractivity contribution < 1.29 is 17.9 Å². The van der Waals surface area contributed by atoms with Crippen LogP contribution in [0.4, 0.5) is 24.8 Å². The van der Waals surface area contributed by atoms with Gasteiger partial charge < -0.3 is 15.4 Å². The summed E-state index contributed by atoms with van der Waals surface area (Å²) in [6.07, 6.45) is -1.23. The van der Waals surface area contributed by atoms with Crippen LogP contribution in [0.2, 0.25) is 0 Å². The third-order valence-electron chi connectivity index (χ3n) is 1.81. The second-order valence-corrected chi connectivity index (χ2v) is 3.41. The van der Waals surface area contributed by atoms with Gasteiger partial charge in [0.25, 0.3) is 0 Å². The number of rotatable bonds is 7. The van der Waals surface area contributed by atoms with E-state index in [4.69, 9.17) is 0 Å². The minimum atomic E-state index is -4.29. The van der Waals surface area contributed by atoms with Crippen LogP contribution in [0.3, 0.4) is 0 Å². The number of hydrogen-bond acceptors (Lipinski definition) is 5. The molecule has 0 unspecified atom stereocenters. The van der Waals surface area contributed by atoms with E-state index < -0.39 is 12.8 Å². The molecule has 0 saturated carbocycles. The first-order chi connectivity index (χ1) is 8.51. The summed E-state index contributed by atoms with van der Waals surface area (Å²) in [6, 6.07) is 0. The predicted molar refractivity (Wildman–Crippen MR) is 61.6 cm³/mol. The molecule has 0 atom stereocenters. The van der Waals surface area contributed by atoms with Gasteiger partial charge in [0.05, 0.1) is 19.0 Å². The molecule has 0 amide bonds. The van der Waals surface area contributed by atoms with E-state index in [0.29, 0.717) is 18.2 Å². The fraction of sp³-hybridized carbons (Fsp3) is 0.600. The Morgan fingerprint density at radius 1 is 1.22 bits per heavy atom. The zero-order valence-corrected chi connectivity index (χ0v) is 9.92. The maximum absolute atomic E-state index is 11.8. The molecule has 18 heavy (non-hydrogen) atoms. The minimum Gasteiger partial charge on any atom is -0.370 e.